The highest BCUT2D eigenvalue weighted by molar-refractivity contribution is 4.79. The average Bonchev–Trinajstić information content (AvgIpc) is 2.41. The van der Waals surface area contributed by atoms with Crippen LogP contribution < -0.4 is 0 Å². The molecule has 0 N–H and O–H groups in total. The van der Waals surface area contributed by atoms with Gasteiger partial charge in [-0.25, -0.2) is 0 Å². The molecule has 2 fully saturated rings. The first-order chi connectivity index (χ1) is 9.54. The fourth-order valence-electron chi connectivity index (χ4n) is 4.02. The third-order valence-electron chi connectivity index (χ3n) is 5.35. The van der Waals surface area contributed by atoms with Crippen molar-refractivity contribution in [3.8, 4) is 0 Å². The lowest BCUT2D eigenvalue weighted by Gasteiger charge is -2.37. The van der Waals surface area contributed by atoms with Gasteiger partial charge in [-0.15, -0.1) is 0 Å². The normalized spacial score (nSPS) is 30.3. The van der Waals surface area contributed by atoms with Crippen molar-refractivity contribution in [1.82, 2.24) is 4.90 Å². The van der Waals surface area contributed by atoms with Crippen LogP contribution in [0.25, 0.3) is 0 Å². The second kappa shape index (κ2) is 7.79. The molecule has 1 saturated carbocycles. The van der Waals surface area contributed by atoms with Gasteiger partial charge in [0.25, 0.3) is 0 Å². The van der Waals surface area contributed by atoms with Gasteiger partial charge in [0.2, 0.25) is 0 Å². The summed E-state index contributed by atoms with van der Waals surface area (Å²) in [5.41, 5.74) is 0. The Labute approximate surface area is 126 Å². The summed E-state index contributed by atoms with van der Waals surface area (Å²) < 4.78 is 5.94. The maximum atomic E-state index is 5.94. The van der Waals surface area contributed by atoms with Crippen molar-refractivity contribution >= 4 is 0 Å². The summed E-state index contributed by atoms with van der Waals surface area (Å²) in [4.78, 5) is 2.69. The van der Waals surface area contributed by atoms with Crippen molar-refractivity contribution in [2.45, 2.75) is 78.4 Å². The summed E-state index contributed by atoms with van der Waals surface area (Å²) >= 11 is 0. The molecule has 2 nitrogen and oxygen atoms in total. The number of hydrogen-bond acceptors (Lipinski definition) is 2. The molecule has 0 aromatic heterocycles. The number of rotatable bonds is 5. The van der Waals surface area contributed by atoms with E-state index in [1.807, 2.05) is 0 Å². The minimum Gasteiger partial charge on any atom is -0.375 e. The molecule has 0 spiro atoms. The Balaban J connectivity index is 1.64. The van der Waals surface area contributed by atoms with Crippen LogP contribution in [0.1, 0.15) is 66.2 Å². The Morgan fingerprint density at radius 2 is 1.50 bits per heavy atom. The van der Waals surface area contributed by atoms with Crippen LogP contribution in [0.5, 0.6) is 0 Å². The fourth-order valence-corrected chi connectivity index (χ4v) is 4.02. The minimum atomic E-state index is 0.387. The summed E-state index contributed by atoms with van der Waals surface area (Å²) in [7, 11) is 0. The predicted octanol–water partition coefficient (Wildman–Crippen LogP) is 4.34. The van der Waals surface area contributed by atoms with Gasteiger partial charge in [-0.3, -0.25) is 0 Å². The van der Waals surface area contributed by atoms with Gasteiger partial charge < -0.3 is 9.64 Å². The van der Waals surface area contributed by atoms with Gasteiger partial charge in [-0.1, -0.05) is 13.8 Å². The zero-order valence-electron chi connectivity index (χ0n) is 14.1. The topological polar surface area (TPSA) is 12.5 Å². The van der Waals surface area contributed by atoms with Gasteiger partial charge >= 0.3 is 0 Å². The molecule has 1 aliphatic heterocycles. The largest absolute Gasteiger partial charge is 0.375 e. The molecule has 20 heavy (non-hydrogen) atoms. The SMILES string of the molecule is CC(C)OC1CCN(CC2CCC(C(C)C)CC2)CC1. The van der Waals surface area contributed by atoms with Crippen molar-refractivity contribution in [2.75, 3.05) is 19.6 Å². The van der Waals surface area contributed by atoms with E-state index in [0.717, 1.165) is 17.8 Å². The van der Waals surface area contributed by atoms with Crippen LogP contribution in [0, 0.1) is 17.8 Å². The maximum absolute atomic E-state index is 5.94. The number of likely N-dealkylation sites (tertiary alicyclic amines) is 1. The van der Waals surface area contributed by atoms with E-state index in [-0.39, 0.29) is 0 Å². The number of piperidine rings is 1. The first kappa shape index (κ1) is 16.3. The van der Waals surface area contributed by atoms with Crippen LogP contribution in [0.3, 0.4) is 0 Å². The lowest BCUT2D eigenvalue weighted by Crippen LogP contribution is -2.41. The van der Waals surface area contributed by atoms with Gasteiger partial charge in [0.1, 0.15) is 0 Å². The van der Waals surface area contributed by atoms with Gasteiger partial charge in [0.05, 0.1) is 12.2 Å². The van der Waals surface area contributed by atoms with Crippen molar-refractivity contribution in [3.63, 3.8) is 0 Å². The first-order valence-corrected chi connectivity index (χ1v) is 8.92. The predicted molar refractivity (Wildman–Crippen MR) is 86.0 cm³/mol. The van der Waals surface area contributed by atoms with Crippen LogP contribution in [0.15, 0.2) is 0 Å². The molecule has 118 valence electrons. The molecule has 0 aromatic carbocycles. The summed E-state index contributed by atoms with van der Waals surface area (Å²) in [5.74, 6) is 2.85. The van der Waals surface area contributed by atoms with E-state index in [1.165, 1.54) is 58.2 Å². The molecule has 0 aromatic rings. The Kier molecular flexibility index (Phi) is 6.35. The van der Waals surface area contributed by atoms with E-state index in [4.69, 9.17) is 4.74 Å². The quantitative estimate of drug-likeness (QED) is 0.743. The first-order valence-electron chi connectivity index (χ1n) is 8.92. The molecule has 0 atom stereocenters. The van der Waals surface area contributed by atoms with E-state index < -0.39 is 0 Å². The highest BCUT2D eigenvalue weighted by Gasteiger charge is 2.26. The smallest absolute Gasteiger partial charge is 0.0603 e. The molecule has 2 rings (SSSR count). The van der Waals surface area contributed by atoms with E-state index in [1.54, 1.807) is 0 Å². The highest BCUT2D eigenvalue weighted by Crippen LogP contribution is 2.34. The van der Waals surface area contributed by atoms with E-state index in [2.05, 4.69) is 32.6 Å². The lowest BCUT2D eigenvalue weighted by atomic mass is 9.77. The van der Waals surface area contributed by atoms with E-state index in [0.29, 0.717) is 12.2 Å². The average molecular weight is 281 g/mol. The van der Waals surface area contributed by atoms with Crippen LogP contribution in [0.2, 0.25) is 0 Å². The Morgan fingerprint density at radius 3 is 2.00 bits per heavy atom. The molecule has 0 amide bonds. The molecule has 0 radical (unpaired) electrons. The van der Waals surface area contributed by atoms with E-state index in [9.17, 15) is 0 Å². The van der Waals surface area contributed by atoms with Crippen LogP contribution in [0.4, 0.5) is 0 Å². The van der Waals surface area contributed by atoms with Crippen LogP contribution >= 0.6 is 0 Å². The molecule has 1 saturated heterocycles. The molecular formula is C18H35NO. The zero-order valence-corrected chi connectivity index (χ0v) is 14.1. The number of nitrogens with zero attached hydrogens (tertiary/aromatic N) is 1. The van der Waals surface area contributed by atoms with Gasteiger partial charge in [0.15, 0.2) is 0 Å². The Bertz CT molecular complexity index is 261. The van der Waals surface area contributed by atoms with Gasteiger partial charge in [-0.2, -0.15) is 0 Å². The van der Waals surface area contributed by atoms with Crippen molar-refractivity contribution in [1.29, 1.82) is 0 Å². The van der Waals surface area contributed by atoms with Crippen molar-refractivity contribution < 1.29 is 4.74 Å². The van der Waals surface area contributed by atoms with Crippen molar-refractivity contribution in [2.24, 2.45) is 17.8 Å². The van der Waals surface area contributed by atoms with Gasteiger partial charge in [-0.05, 0) is 70.1 Å². The number of hydrogen-bond donors (Lipinski definition) is 0. The maximum Gasteiger partial charge on any atom is 0.0603 e. The van der Waals surface area contributed by atoms with Crippen LogP contribution in [-0.2, 0) is 4.74 Å². The molecule has 0 bridgehead atoms. The third-order valence-corrected chi connectivity index (χ3v) is 5.35. The number of ether oxygens (including phenoxy) is 1. The second-order valence-corrected chi connectivity index (χ2v) is 7.71. The molecule has 0 unspecified atom stereocenters. The van der Waals surface area contributed by atoms with E-state index >= 15 is 0 Å². The summed E-state index contributed by atoms with van der Waals surface area (Å²) in [6.45, 7) is 12.9. The molecule has 2 heteroatoms. The van der Waals surface area contributed by atoms with Gasteiger partial charge in [0, 0.05) is 19.6 Å². The highest BCUT2D eigenvalue weighted by atomic mass is 16.5. The van der Waals surface area contributed by atoms with Crippen molar-refractivity contribution in [3.05, 3.63) is 0 Å². The minimum absolute atomic E-state index is 0.387. The molecule has 2 aliphatic rings. The molecule has 1 heterocycles. The summed E-state index contributed by atoms with van der Waals surface area (Å²) in [5, 5.41) is 0. The summed E-state index contributed by atoms with van der Waals surface area (Å²) in [6, 6.07) is 0. The Hall–Kier alpha value is -0.0800. The lowest BCUT2D eigenvalue weighted by molar-refractivity contribution is -0.0296. The second-order valence-electron chi connectivity index (χ2n) is 7.71. The summed E-state index contributed by atoms with van der Waals surface area (Å²) in [6.07, 6.45) is 9.24. The standard InChI is InChI=1S/C18H35NO/c1-14(2)17-7-5-16(6-8-17)13-19-11-9-18(10-12-19)20-15(3)4/h14-18H,5-13H2,1-4H3. The molecular weight excluding hydrogens is 246 g/mol. The zero-order chi connectivity index (χ0) is 14.5. The monoisotopic (exact) mass is 281 g/mol. The fraction of sp³-hybridized carbons (Fsp3) is 1.00. The molecule has 1 aliphatic carbocycles. The third kappa shape index (κ3) is 5.04. The van der Waals surface area contributed by atoms with Crippen LogP contribution in [-0.4, -0.2) is 36.7 Å². The Morgan fingerprint density at radius 1 is 0.900 bits per heavy atom.